The molecule has 0 bridgehead atoms. The molecule has 1 rings (SSSR count). The largest absolute Gasteiger partial charge is 0.508 e. The van der Waals surface area contributed by atoms with Crippen LogP contribution in [0.15, 0.2) is 24.3 Å². The van der Waals surface area contributed by atoms with Crippen molar-refractivity contribution in [2.45, 2.75) is 13.8 Å². The fourth-order valence-corrected chi connectivity index (χ4v) is 1.03. The van der Waals surface area contributed by atoms with Crippen LogP contribution in [0.2, 0.25) is 0 Å². The van der Waals surface area contributed by atoms with Gasteiger partial charge in [-0.1, -0.05) is 12.1 Å². The number of hydrogen-bond acceptors (Lipinski definition) is 8. The predicted molar refractivity (Wildman–Crippen MR) is 69.2 cm³/mol. The number of nitrogens with zero attached hydrogens (tertiary/aromatic N) is 1. The van der Waals surface area contributed by atoms with E-state index in [9.17, 15) is 9.59 Å². The third-order valence-corrected chi connectivity index (χ3v) is 1.71. The Morgan fingerprint density at radius 3 is 1.75 bits per heavy atom. The maximum atomic E-state index is 10.2. The lowest BCUT2D eigenvalue weighted by Crippen LogP contribution is -2.29. The Balaban J connectivity index is 0.000000361. The van der Waals surface area contributed by atoms with Crippen LogP contribution in [0.4, 0.5) is 0 Å². The van der Waals surface area contributed by atoms with Crippen molar-refractivity contribution in [1.82, 2.24) is 5.23 Å². The Hall–Kier alpha value is -2.10. The zero-order chi connectivity index (χ0) is 15.7. The van der Waals surface area contributed by atoms with Crippen LogP contribution in [-0.4, -0.2) is 46.5 Å². The summed E-state index contributed by atoms with van der Waals surface area (Å²) in [6.07, 6.45) is 0. The van der Waals surface area contributed by atoms with Gasteiger partial charge in [-0.3, -0.25) is 9.59 Å². The van der Waals surface area contributed by atoms with Crippen molar-refractivity contribution in [1.29, 1.82) is 0 Å². The zero-order valence-electron chi connectivity index (χ0n) is 11.3. The van der Waals surface area contributed by atoms with E-state index in [1.54, 1.807) is 0 Å². The molecule has 0 atom stereocenters. The predicted octanol–water partition coefficient (Wildman–Crippen LogP) is -1.05. The molecule has 0 aliphatic rings. The Labute approximate surface area is 116 Å². The van der Waals surface area contributed by atoms with Gasteiger partial charge in [0.05, 0.1) is 7.05 Å². The average molecular weight is 285 g/mol. The lowest BCUT2D eigenvalue weighted by molar-refractivity contribution is -0.309. The molecule has 8 nitrogen and oxygen atoms in total. The fourth-order valence-electron chi connectivity index (χ4n) is 1.03. The molecule has 20 heavy (non-hydrogen) atoms. The van der Waals surface area contributed by atoms with Crippen LogP contribution in [0.25, 0.3) is 0 Å². The van der Waals surface area contributed by atoms with Gasteiger partial charge in [-0.25, -0.2) is 0 Å². The molecule has 0 unspecified atom stereocenters. The molecule has 0 saturated carbocycles. The van der Waals surface area contributed by atoms with Crippen LogP contribution < -0.4 is 5.46 Å². The summed E-state index contributed by atoms with van der Waals surface area (Å²) in [5, 5.41) is 26.7. The lowest BCUT2D eigenvalue weighted by atomic mass is 9.80. The highest BCUT2D eigenvalue weighted by molar-refractivity contribution is 6.58. The van der Waals surface area contributed by atoms with Gasteiger partial charge in [-0.2, -0.15) is 0 Å². The smallest absolute Gasteiger partial charge is 0.488 e. The van der Waals surface area contributed by atoms with Crippen LogP contribution in [0.3, 0.4) is 0 Å². The second-order valence-corrected chi connectivity index (χ2v) is 3.57. The van der Waals surface area contributed by atoms with Crippen LogP contribution in [0.1, 0.15) is 13.8 Å². The van der Waals surface area contributed by atoms with Gasteiger partial charge in [-0.15, -0.1) is 0 Å². The van der Waals surface area contributed by atoms with Crippen LogP contribution in [0.5, 0.6) is 5.75 Å². The fraction of sp³-hybridized carbons (Fsp3) is 0.273. The molecule has 0 aliphatic carbocycles. The van der Waals surface area contributed by atoms with Gasteiger partial charge in [0.15, 0.2) is 0 Å². The number of rotatable bonds is 3. The number of hydroxylamine groups is 2. The Kier molecular flexibility index (Phi) is 7.98. The van der Waals surface area contributed by atoms with Gasteiger partial charge in [-0.05, 0) is 17.6 Å². The van der Waals surface area contributed by atoms with Crippen molar-refractivity contribution in [3.05, 3.63) is 24.3 Å². The number of benzene rings is 1. The van der Waals surface area contributed by atoms with E-state index in [0.29, 0.717) is 10.7 Å². The summed E-state index contributed by atoms with van der Waals surface area (Å²) in [5.41, 5.74) is 0.373. The summed E-state index contributed by atoms with van der Waals surface area (Å²) in [6.45, 7) is 2.42. The molecule has 0 amide bonds. The van der Waals surface area contributed by atoms with Crippen molar-refractivity contribution < 1.29 is 34.4 Å². The number of phenolic OH excluding ortho intramolecular Hbond substituents is 1. The van der Waals surface area contributed by atoms with E-state index in [4.69, 9.17) is 15.2 Å². The van der Waals surface area contributed by atoms with Gasteiger partial charge >= 0.3 is 19.1 Å². The van der Waals surface area contributed by atoms with E-state index >= 15 is 0 Å². The van der Waals surface area contributed by atoms with Gasteiger partial charge in [0, 0.05) is 19.1 Å². The standard InChI is InChI=1S/C6H7BO3.C5H9NO4/c8-6-3-1-5(2-4-6)7(9)10;1-4(7)9-6(3)10-5(2)8/h1-4,8-10H;1-3H3. The highest BCUT2D eigenvalue weighted by Gasteiger charge is 2.08. The first kappa shape index (κ1) is 17.9. The van der Waals surface area contributed by atoms with Crippen molar-refractivity contribution >= 4 is 24.5 Å². The van der Waals surface area contributed by atoms with E-state index < -0.39 is 19.1 Å². The van der Waals surface area contributed by atoms with Crippen molar-refractivity contribution in [2.24, 2.45) is 0 Å². The van der Waals surface area contributed by atoms with E-state index in [0.717, 1.165) is 0 Å². The molecule has 1 aromatic carbocycles. The molecule has 3 N–H and O–H groups in total. The quantitative estimate of drug-likeness (QED) is 0.475. The van der Waals surface area contributed by atoms with Gasteiger partial charge < -0.3 is 24.8 Å². The molecule has 0 heterocycles. The Morgan fingerprint density at radius 2 is 1.45 bits per heavy atom. The molecule has 0 radical (unpaired) electrons. The SMILES string of the molecule is CC(=O)ON(C)OC(C)=O.OB(O)c1ccc(O)cc1. The summed E-state index contributed by atoms with van der Waals surface area (Å²) in [5.74, 6) is -0.961. The van der Waals surface area contributed by atoms with Crippen molar-refractivity contribution in [3.63, 3.8) is 0 Å². The number of phenols is 1. The summed E-state index contributed by atoms with van der Waals surface area (Å²) in [7, 11) is -0.149. The molecule has 0 saturated heterocycles. The van der Waals surface area contributed by atoms with Crippen LogP contribution in [0, 0.1) is 0 Å². The van der Waals surface area contributed by atoms with E-state index in [-0.39, 0.29) is 5.75 Å². The molecule has 0 spiro atoms. The first-order valence-electron chi connectivity index (χ1n) is 5.48. The highest BCUT2D eigenvalue weighted by atomic mass is 17.0. The summed E-state index contributed by atoms with van der Waals surface area (Å²) in [6, 6.07) is 5.68. The monoisotopic (exact) mass is 285 g/mol. The molecule has 0 aromatic heterocycles. The van der Waals surface area contributed by atoms with Crippen molar-refractivity contribution in [2.75, 3.05) is 7.05 Å². The number of carbonyl (C=O) groups excluding carboxylic acids is 2. The molecular formula is C11H16BNO7. The third kappa shape index (κ3) is 8.92. The molecule has 9 heteroatoms. The minimum atomic E-state index is -1.46. The average Bonchev–Trinajstić information content (AvgIpc) is 2.27. The summed E-state index contributed by atoms with van der Waals surface area (Å²) in [4.78, 5) is 29.0. The van der Waals surface area contributed by atoms with E-state index in [2.05, 4.69) is 9.68 Å². The topological polar surface area (TPSA) is 117 Å². The number of aromatic hydroxyl groups is 1. The maximum Gasteiger partial charge on any atom is 0.488 e. The second-order valence-electron chi connectivity index (χ2n) is 3.57. The van der Waals surface area contributed by atoms with Crippen LogP contribution in [-0.2, 0) is 19.3 Å². The molecule has 0 aliphatic heterocycles. The van der Waals surface area contributed by atoms with Gasteiger partial charge in [0.25, 0.3) is 0 Å². The first-order chi connectivity index (χ1) is 9.22. The number of hydrogen-bond donors (Lipinski definition) is 3. The maximum absolute atomic E-state index is 10.2. The summed E-state index contributed by atoms with van der Waals surface area (Å²) < 4.78 is 0. The van der Waals surface area contributed by atoms with Gasteiger partial charge in [0.2, 0.25) is 0 Å². The molecule has 1 aromatic rings. The third-order valence-electron chi connectivity index (χ3n) is 1.71. The second kappa shape index (κ2) is 8.91. The Morgan fingerprint density at radius 1 is 1.05 bits per heavy atom. The minimum absolute atomic E-state index is 0.115. The highest BCUT2D eigenvalue weighted by Crippen LogP contribution is 2.02. The van der Waals surface area contributed by atoms with E-state index in [1.807, 2.05) is 0 Å². The summed E-state index contributed by atoms with van der Waals surface area (Å²) >= 11 is 0. The zero-order valence-corrected chi connectivity index (χ0v) is 11.3. The minimum Gasteiger partial charge on any atom is -0.508 e. The van der Waals surface area contributed by atoms with E-state index in [1.165, 1.54) is 45.2 Å². The molecular weight excluding hydrogens is 269 g/mol. The van der Waals surface area contributed by atoms with Gasteiger partial charge in [0.1, 0.15) is 5.75 Å². The first-order valence-corrected chi connectivity index (χ1v) is 5.48. The number of carbonyl (C=O) groups is 2. The lowest BCUT2D eigenvalue weighted by Gasteiger charge is -2.11. The molecule has 0 fully saturated rings. The molecule has 110 valence electrons. The normalized spacial score (nSPS) is 9.30. The Bertz CT molecular complexity index is 419. The van der Waals surface area contributed by atoms with Crippen molar-refractivity contribution in [3.8, 4) is 5.75 Å². The van der Waals surface area contributed by atoms with Crippen LogP contribution >= 0.6 is 0 Å².